The molecule has 78 valence electrons. The van der Waals surface area contributed by atoms with E-state index in [0.717, 1.165) is 13.0 Å². The van der Waals surface area contributed by atoms with E-state index in [-0.39, 0.29) is 35.6 Å². The number of aliphatic imine (C=N–C) groups is 1. The average Bonchev–Trinajstić information content (AvgIpc) is 1.82. The van der Waals surface area contributed by atoms with E-state index >= 15 is 0 Å². The standard InChI is InChI=1S/C9H18N2O.HI/c1-5-10-8-11-9(3,4)6-7(2)12-8;/h7H,5-6H2,1-4H3,(H,10,11);1H. The maximum absolute atomic E-state index is 5.50. The summed E-state index contributed by atoms with van der Waals surface area (Å²) in [5.41, 5.74) is 0.117. The van der Waals surface area contributed by atoms with Crippen molar-refractivity contribution < 1.29 is 4.74 Å². The van der Waals surface area contributed by atoms with E-state index < -0.39 is 0 Å². The molecule has 1 aliphatic heterocycles. The number of nitrogens with one attached hydrogen (secondary N) is 1. The summed E-state index contributed by atoms with van der Waals surface area (Å²) in [6.07, 6.45) is 1.29. The largest absolute Gasteiger partial charge is 0.462 e. The highest BCUT2D eigenvalue weighted by Crippen LogP contribution is 2.18. The highest BCUT2D eigenvalue weighted by atomic mass is 127. The van der Waals surface area contributed by atoms with Crippen LogP contribution < -0.4 is 5.32 Å². The lowest BCUT2D eigenvalue weighted by atomic mass is 9.96. The molecule has 1 atom stereocenters. The molecule has 1 fully saturated rings. The van der Waals surface area contributed by atoms with Crippen LogP contribution in [0.15, 0.2) is 4.99 Å². The average molecular weight is 298 g/mol. The van der Waals surface area contributed by atoms with Crippen molar-refractivity contribution in [2.45, 2.75) is 45.8 Å². The van der Waals surface area contributed by atoms with Crippen LogP contribution >= 0.6 is 24.0 Å². The minimum Gasteiger partial charge on any atom is -0.462 e. The molecule has 0 aromatic heterocycles. The van der Waals surface area contributed by atoms with E-state index in [9.17, 15) is 0 Å². The first-order valence-corrected chi connectivity index (χ1v) is 4.53. The van der Waals surface area contributed by atoms with E-state index in [0.29, 0.717) is 6.02 Å². The van der Waals surface area contributed by atoms with Crippen molar-refractivity contribution in [3.8, 4) is 0 Å². The highest BCUT2D eigenvalue weighted by Gasteiger charge is 2.29. The number of hydrogen-bond donors (Lipinski definition) is 1. The molecule has 0 aromatic rings. The van der Waals surface area contributed by atoms with Gasteiger partial charge in [-0.2, -0.15) is 0 Å². The van der Waals surface area contributed by atoms with Crippen molar-refractivity contribution in [2.24, 2.45) is 4.99 Å². The van der Waals surface area contributed by atoms with Crippen molar-refractivity contribution in [3.63, 3.8) is 0 Å². The van der Waals surface area contributed by atoms with Crippen LogP contribution in [-0.4, -0.2) is 24.2 Å². The van der Waals surface area contributed by atoms with Gasteiger partial charge < -0.3 is 10.1 Å². The van der Waals surface area contributed by atoms with Crippen molar-refractivity contribution in [1.29, 1.82) is 0 Å². The van der Waals surface area contributed by atoms with E-state index in [1.165, 1.54) is 0 Å². The van der Waals surface area contributed by atoms with Gasteiger partial charge in [0, 0.05) is 18.5 Å². The third-order valence-corrected chi connectivity index (χ3v) is 1.86. The zero-order valence-corrected chi connectivity index (χ0v) is 11.1. The first-order chi connectivity index (χ1) is 5.53. The van der Waals surface area contributed by atoms with Gasteiger partial charge in [0.1, 0.15) is 6.10 Å². The SMILES string of the molecule is CCN=C1NC(C)(C)CC(C)O1.I. The summed E-state index contributed by atoms with van der Waals surface area (Å²) in [6, 6.07) is 0.696. The Hall–Kier alpha value is 0. The van der Waals surface area contributed by atoms with Gasteiger partial charge >= 0.3 is 0 Å². The van der Waals surface area contributed by atoms with Crippen LogP contribution in [0.25, 0.3) is 0 Å². The Labute approximate surface area is 97.4 Å². The summed E-state index contributed by atoms with van der Waals surface area (Å²) in [6.45, 7) is 9.18. The molecule has 0 radical (unpaired) electrons. The summed E-state index contributed by atoms with van der Waals surface area (Å²) >= 11 is 0. The van der Waals surface area contributed by atoms with Gasteiger partial charge in [0.05, 0.1) is 0 Å². The van der Waals surface area contributed by atoms with E-state index in [2.05, 4.69) is 31.1 Å². The second-order valence-corrected chi connectivity index (χ2v) is 3.92. The number of rotatable bonds is 1. The number of nitrogens with zero attached hydrogens (tertiary/aromatic N) is 1. The summed E-state index contributed by atoms with van der Waals surface area (Å²) in [5, 5.41) is 3.25. The predicted molar refractivity (Wildman–Crippen MR) is 65.8 cm³/mol. The normalized spacial score (nSPS) is 28.6. The van der Waals surface area contributed by atoms with Crippen LogP contribution in [0.3, 0.4) is 0 Å². The fourth-order valence-electron chi connectivity index (χ4n) is 1.54. The third kappa shape index (κ3) is 4.15. The molecule has 0 bridgehead atoms. The number of hydrogen-bond acceptors (Lipinski definition) is 2. The molecule has 13 heavy (non-hydrogen) atoms. The van der Waals surface area contributed by atoms with Gasteiger partial charge in [-0.15, -0.1) is 24.0 Å². The Morgan fingerprint density at radius 3 is 2.69 bits per heavy atom. The molecule has 0 saturated carbocycles. The molecular formula is C9H19IN2O. The molecule has 1 aliphatic rings. The van der Waals surface area contributed by atoms with Crippen LogP contribution in [0.2, 0.25) is 0 Å². The van der Waals surface area contributed by atoms with Crippen LogP contribution in [-0.2, 0) is 4.74 Å². The molecule has 1 heterocycles. The van der Waals surface area contributed by atoms with Crippen LogP contribution in [0.4, 0.5) is 0 Å². The smallest absolute Gasteiger partial charge is 0.285 e. The van der Waals surface area contributed by atoms with E-state index in [1.807, 2.05) is 6.92 Å². The molecule has 0 spiro atoms. The zero-order chi connectivity index (χ0) is 9.19. The molecule has 4 heteroatoms. The van der Waals surface area contributed by atoms with Gasteiger partial charge in [0.25, 0.3) is 6.02 Å². The summed E-state index contributed by atoms with van der Waals surface area (Å²) < 4.78 is 5.50. The molecular weight excluding hydrogens is 279 g/mol. The lowest BCUT2D eigenvalue weighted by Gasteiger charge is -2.36. The lowest BCUT2D eigenvalue weighted by molar-refractivity contribution is 0.113. The van der Waals surface area contributed by atoms with Gasteiger partial charge in [0.15, 0.2) is 0 Å². The van der Waals surface area contributed by atoms with Gasteiger partial charge in [-0.3, -0.25) is 0 Å². The Kier molecular flexibility index (Phi) is 5.02. The van der Waals surface area contributed by atoms with Gasteiger partial charge in [-0.25, -0.2) is 4.99 Å². The summed E-state index contributed by atoms with van der Waals surface area (Å²) in [7, 11) is 0. The maximum Gasteiger partial charge on any atom is 0.285 e. The molecule has 0 aromatic carbocycles. The Balaban J connectivity index is 0.00000144. The van der Waals surface area contributed by atoms with Gasteiger partial charge in [0.2, 0.25) is 0 Å². The molecule has 0 amide bonds. The number of ether oxygens (including phenoxy) is 1. The fourth-order valence-corrected chi connectivity index (χ4v) is 1.54. The van der Waals surface area contributed by atoms with Crippen molar-refractivity contribution >= 4 is 30.0 Å². The maximum atomic E-state index is 5.50. The minimum absolute atomic E-state index is 0. The quantitative estimate of drug-likeness (QED) is 0.753. The summed E-state index contributed by atoms with van der Waals surface area (Å²) in [5.74, 6) is 0. The summed E-state index contributed by atoms with van der Waals surface area (Å²) in [4.78, 5) is 4.21. The zero-order valence-electron chi connectivity index (χ0n) is 8.76. The van der Waals surface area contributed by atoms with Crippen LogP contribution in [0, 0.1) is 0 Å². The van der Waals surface area contributed by atoms with Crippen LogP contribution in [0.5, 0.6) is 0 Å². The van der Waals surface area contributed by atoms with Crippen molar-refractivity contribution in [2.75, 3.05) is 6.54 Å². The predicted octanol–water partition coefficient (Wildman–Crippen LogP) is 2.16. The fraction of sp³-hybridized carbons (Fsp3) is 0.889. The molecule has 1 rings (SSSR count). The number of amidine groups is 1. The Bertz CT molecular complexity index is 192. The molecule has 1 unspecified atom stereocenters. The van der Waals surface area contributed by atoms with Crippen LogP contribution in [0.1, 0.15) is 34.1 Å². The van der Waals surface area contributed by atoms with E-state index in [1.54, 1.807) is 0 Å². The second kappa shape index (κ2) is 5.02. The topological polar surface area (TPSA) is 33.6 Å². The lowest BCUT2D eigenvalue weighted by Crippen LogP contribution is -2.52. The van der Waals surface area contributed by atoms with Gasteiger partial charge in [-0.05, 0) is 27.7 Å². The second-order valence-electron chi connectivity index (χ2n) is 3.92. The number of halogens is 1. The molecule has 3 nitrogen and oxygen atoms in total. The first kappa shape index (κ1) is 13.0. The Morgan fingerprint density at radius 2 is 2.23 bits per heavy atom. The molecule has 1 saturated heterocycles. The minimum atomic E-state index is 0. The molecule has 1 N–H and O–H groups in total. The monoisotopic (exact) mass is 298 g/mol. The Morgan fingerprint density at radius 1 is 1.62 bits per heavy atom. The molecule has 0 aliphatic carbocycles. The first-order valence-electron chi connectivity index (χ1n) is 4.53. The highest BCUT2D eigenvalue weighted by molar-refractivity contribution is 14.0. The van der Waals surface area contributed by atoms with E-state index in [4.69, 9.17) is 4.74 Å². The third-order valence-electron chi connectivity index (χ3n) is 1.86. The van der Waals surface area contributed by atoms with Crippen molar-refractivity contribution in [1.82, 2.24) is 5.32 Å². The van der Waals surface area contributed by atoms with Gasteiger partial charge in [-0.1, -0.05) is 0 Å². The van der Waals surface area contributed by atoms with Crippen molar-refractivity contribution in [3.05, 3.63) is 0 Å².